The van der Waals surface area contributed by atoms with Gasteiger partial charge < -0.3 is 10.6 Å². The summed E-state index contributed by atoms with van der Waals surface area (Å²) < 4.78 is 0. The van der Waals surface area contributed by atoms with E-state index in [1.54, 1.807) is 0 Å². The number of rotatable bonds is 4. The summed E-state index contributed by atoms with van der Waals surface area (Å²) in [6, 6.07) is 1.27. The van der Waals surface area contributed by atoms with Crippen molar-refractivity contribution in [1.29, 1.82) is 0 Å². The minimum atomic E-state index is 0.355. The zero-order valence-electron chi connectivity index (χ0n) is 10.7. The summed E-state index contributed by atoms with van der Waals surface area (Å²) in [6.07, 6.45) is 6.94. The lowest BCUT2D eigenvalue weighted by Gasteiger charge is -2.38. The van der Waals surface area contributed by atoms with Gasteiger partial charge in [-0.3, -0.25) is 4.90 Å². The van der Waals surface area contributed by atoms with Gasteiger partial charge in [0.15, 0.2) is 0 Å². The van der Waals surface area contributed by atoms with Gasteiger partial charge in [0.25, 0.3) is 0 Å². The standard InChI is InChI=1S/C13H27N3/c1-12(14)6-7-15-8-10-16(11-9-15)13-4-2-3-5-13/h12-13H,2-11,14H2,1H3. The predicted molar refractivity (Wildman–Crippen MR) is 68.5 cm³/mol. The van der Waals surface area contributed by atoms with E-state index in [0.717, 1.165) is 12.5 Å². The second-order valence-electron chi connectivity index (χ2n) is 5.58. The smallest absolute Gasteiger partial charge is 0.0113 e. The molecule has 0 amide bonds. The highest BCUT2D eigenvalue weighted by atomic mass is 15.3. The molecule has 2 fully saturated rings. The maximum Gasteiger partial charge on any atom is 0.0113 e. The van der Waals surface area contributed by atoms with Crippen LogP contribution in [-0.4, -0.2) is 54.6 Å². The quantitative estimate of drug-likeness (QED) is 0.782. The predicted octanol–water partition coefficient (Wildman–Crippen LogP) is 1.28. The van der Waals surface area contributed by atoms with Gasteiger partial charge in [-0.2, -0.15) is 0 Å². The third-order valence-corrected chi connectivity index (χ3v) is 4.15. The van der Waals surface area contributed by atoms with Crippen molar-refractivity contribution < 1.29 is 0 Å². The van der Waals surface area contributed by atoms with Gasteiger partial charge in [0.05, 0.1) is 0 Å². The Morgan fingerprint density at radius 3 is 2.31 bits per heavy atom. The van der Waals surface area contributed by atoms with E-state index >= 15 is 0 Å². The highest BCUT2D eigenvalue weighted by molar-refractivity contribution is 4.82. The van der Waals surface area contributed by atoms with Crippen LogP contribution in [0.1, 0.15) is 39.0 Å². The minimum Gasteiger partial charge on any atom is -0.328 e. The molecule has 0 aromatic carbocycles. The topological polar surface area (TPSA) is 32.5 Å². The van der Waals surface area contributed by atoms with Crippen molar-refractivity contribution in [2.45, 2.75) is 51.1 Å². The minimum absolute atomic E-state index is 0.355. The van der Waals surface area contributed by atoms with E-state index in [1.165, 1.54) is 58.4 Å². The summed E-state index contributed by atoms with van der Waals surface area (Å²) in [5, 5.41) is 0. The van der Waals surface area contributed by atoms with Crippen molar-refractivity contribution in [2.24, 2.45) is 5.73 Å². The van der Waals surface area contributed by atoms with Gasteiger partial charge in [0.2, 0.25) is 0 Å². The molecule has 1 saturated carbocycles. The summed E-state index contributed by atoms with van der Waals surface area (Å²) in [5.41, 5.74) is 5.80. The normalized spacial score (nSPS) is 27.4. The molecule has 3 nitrogen and oxygen atoms in total. The first-order valence-corrected chi connectivity index (χ1v) is 6.97. The lowest BCUT2D eigenvalue weighted by atomic mass is 10.1. The Morgan fingerprint density at radius 2 is 1.75 bits per heavy atom. The van der Waals surface area contributed by atoms with Crippen LogP contribution >= 0.6 is 0 Å². The second kappa shape index (κ2) is 5.99. The zero-order valence-corrected chi connectivity index (χ0v) is 10.7. The van der Waals surface area contributed by atoms with Gasteiger partial charge in [-0.1, -0.05) is 12.8 Å². The van der Waals surface area contributed by atoms with Crippen molar-refractivity contribution in [2.75, 3.05) is 32.7 Å². The van der Waals surface area contributed by atoms with Crippen molar-refractivity contribution in [3.05, 3.63) is 0 Å². The van der Waals surface area contributed by atoms with Crippen LogP contribution in [0.5, 0.6) is 0 Å². The highest BCUT2D eigenvalue weighted by Crippen LogP contribution is 2.24. The van der Waals surface area contributed by atoms with Gasteiger partial charge >= 0.3 is 0 Å². The van der Waals surface area contributed by atoms with Crippen molar-refractivity contribution in [3.8, 4) is 0 Å². The maximum absolute atomic E-state index is 5.80. The molecule has 94 valence electrons. The first-order valence-electron chi connectivity index (χ1n) is 6.97. The summed E-state index contributed by atoms with van der Waals surface area (Å²) in [6.45, 7) is 8.37. The lowest BCUT2D eigenvalue weighted by molar-refractivity contribution is 0.0963. The van der Waals surface area contributed by atoms with Crippen molar-refractivity contribution in [1.82, 2.24) is 9.80 Å². The Balaban J connectivity index is 1.65. The molecule has 0 radical (unpaired) electrons. The van der Waals surface area contributed by atoms with Crippen molar-refractivity contribution >= 4 is 0 Å². The third-order valence-electron chi connectivity index (χ3n) is 4.15. The van der Waals surface area contributed by atoms with Crippen LogP contribution in [0.15, 0.2) is 0 Å². The van der Waals surface area contributed by atoms with E-state index in [0.29, 0.717) is 6.04 Å². The van der Waals surface area contributed by atoms with Gasteiger partial charge in [-0.25, -0.2) is 0 Å². The molecule has 0 spiro atoms. The van der Waals surface area contributed by atoms with Crippen LogP contribution in [0.25, 0.3) is 0 Å². The summed E-state index contributed by atoms with van der Waals surface area (Å²) in [4.78, 5) is 5.30. The third kappa shape index (κ3) is 3.44. The Hall–Kier alpha value is -0.120. The van der Waals surface area contributed by atoms with Crippen LogP contribution in [0.4, 0.5) is 0 Å². The van der Waals surface area contributed by atoms with Crippen LogP contribution in [0.3, 0.4) is 0 Å². The molecular weight excluding hydrogens is 198 g/mol. The largest absolute Gasteiger partial charge is 0.328 e. The van der Waals surface area contributed by atoms with E-state index in [9.17, 15) is 0 Å². The van der Waals surface area contributed by atoms with Gasteiger partial charge in [-0.15, -0.1) is 0 Å². The molecule has 0 bridgehead atoms. The van der Waals surface area contributed by atoms with Gasteiger partial charge in [-0.05, 0) is 32.7 Å². The van der Waals surface area contributed by atoms with E-state index < -0.39 is 0 Å². The second-order valence-corrected chi connectivity index (χ2v) is 5.58. The lowest BCUT2D eigenvalue weighted by Crippen LogP contribution is -2.50. The average Bonchev–Trinajstić information content (AvgIpc) is 2.80. The summed E-state index contributed by atoms with van der Waals surface area (Å²) in [7, 11) is 0. The molecule has 1 atom stereocenters. The van der Waals surface area contributed by atoms with Gasteiger partial charge in [0, 0.05) is 38.3 Å². The van der Waals surface area contributed by atoms with E-state index in [2.05, 4.69) is 16.7 Å². The Morgan fingerprint density at radius 1 is 1.12 bits per heavy atom. The fraction of sp³-hybridized carbons (Fsp3) is 1.00. The Bertz CT molecular complexity index is 191. The van der Waals surface area contributed by atoms with Crippen molar-refractivity contribution in [3.63, 3.8) is 0 Å². The molecule has 2 rings (SSSR count). The molecule has 0 aromatic rings. The first-order chi connectivity index (χ1) is 7.75. The van der Waals surface area contributed by atoms with E-state index in [1.807, 2.05) is 0 Å². The monoisotopic (exact) mass is 225 g/mol. The number of hydrogen-bond acceptors (Lipinski definition) is 3. The molecule has 1 unspecified atom stereocenters. The fourth-order valence-corrected chi connectivity index (χ4v) is 3.01. The summed E-state index contributed by atoms with van der Waals surface area (Å²) >= 11 is 0. The first kappa shape index (κ1) is 12.3. The maximum atomic E-state index is 5.80. The number of piperazine rings is 1. The van der Waals surface area contributed by atoms with Gasteiger partial charge in [0.1, 0.15) is 0 Å². The molecule has 16 heavy (non-hydrogen) atoms. The molecule has 1 saturated heterocycles. The number of nitrogens with two attached hydrogens (primary N) is 1. The van der Waals surface area contributed by atoms with Crippen LogP contribution < -0.4 is 5.73 Å². The van der Waals surface area contributed by atoms with Crippen LogP contribution in [0.2, 0.25) is 0 Å². The number of nitrogens with zero attached hydrogens (tertiary/aromatic N) is 2. The molecule has 3 heteroatoms. The molecule has 1 aliphatic carbocycles. The average molecular weight is 225 g/mol. The SMILES string of the molecule is CC(N)CCN1CCN(C2CCCC2)CC1. The van der Waals surface area contributed by atoms with Crippen LogP contribution in [0, 0.1) is 0 Å². The highest BCUT2D eigenvalue weighted by Gasteiger charge is 2.25. The molecule has 0 aromatic heterocycles. The zero-order chi connectivity index (χ0) is 11.4. The Labute approximate surface area is 100.0 Å². The fourth-order valence-electron chi connectivity index (χ4n) is 3.01. The molecule has 1 heterocycles. The molecule has 2 aliphatic rings. The number of hydrogen-bond donors (Lipinski definition) is 1. The van der Waals surface area contributed by atoms with E-state index in [-0.39, 0.29) is 0 Å². The van der Waals surface area contributed by atoms with E-state index in [4.69, 9.17) is 5.73 Å². The molecule has 2 N–H and O–H groups in total. The Kier molecular flexibility index (Phi) is 4.62. The molecular formula is C13H27N3. The summed E-state index contributed by atoms with van der Waals surface area (Å²) in [5.74, 6) is 0. The van der Waals surface area contributed by atoms with Crippen LogP contribution in [-0.2, 0) is 0 Å². The molecule has 1 aliphatic heterocycles.